The molecule has 0 atom stereocenters. The van der Waals surface area contributed by atoms with Gasteiger partial charge in [0.2, 0.25) is 11.7 Å². The number of nitrogens with zero attached hydrogens (tertiary/aromatic N) is 3. The molecule has 0 bridgehead atoms. The molecule has 0 aliphatic heterocycles. The van der Waals surface area contributed by atoms with Crippen molar-refractivity contribution >= 4 is 17.5 Å². The Labute approximate surface area is 142 Å². The molecule has 24 heavy (non-hydrogen) atoms. The molecule has 3 rings (SSSR count). The molecule has 1 heterocycles. The Kier molecular flexibility index (Phi) is 4.57. The highest BCUT2D eigenvalue weighted by Crippen LogP contribution is 2.25. The van der Waals surface area contributed by atoms with E-state index in [4.69, 9.17) is 16.1 Å². The fraction of sp³-hybridized carbons (Fsp3) is 0.118. The predicted molar refractivity (Wildman–Crippen MR) is 86.9 cm³/mol. The van der Waals surface area contributed by atoms with Gasteiger partial charge >= 0.3 is 0 Å². The lowest BCUT2D eigenvalue weighted by molar-refractivity contribution is 0.0769. The number of carbonyl (C=O) groups is 1. The van der Waals surface area contributed by atoms with E-state index in [0.29, 0.717) is 22.0 Å². The van der Waals surface area contributed by atoms with Crippen molar-refractivity contribution in [2.75, 3.05) is 7.05 Å². The summed E-state index contributed by atoms with van der Waals surface area (Å²) in [6, 6.07) is 12.5. The summed E-state index contributed by atoms with van der Waals surface area (Å²) in [5, 5.41) is 4.40. The zero-order chi connectivity index (χ0) is 17.1. The Morgan fingerprint density at radius 3 is 2.62 bits per heavy atom. The standard InChI is InChI=1S/C17H13ClFN3O2/c1-22(17(23)11-6-8-12(19)9-7-11)10-15-20-16(21-24-15)13-4-2-3-5-14(13)18/h2-9H,10H2,1H3. The average Bonchev–Trinajstić information content (AvgIpc) is 3.03. The van der Waals surface area contributed by atoms with E-state index in [1.54, 1.807) is 19.2 Å². The second-order valence-electron chi connectivity index (χ2n) is 5.16. The zero-order valence-corrected chi connectivity index (χ0v) is 13.5. The fourth-order valence-corrected chi connectivity index (χ4v) is 2.38. The van der Waals surface area contributed by atoms with Gasteiger partial charge < -0.3 is 9.42 Å². The maximum atomic E-state index is 12.9. The molecule has 0 fully saturated rings. The van der Waals surface area contributed by atoms with Crippen molar-refractivity contribution in [2.24, 2.45) is 0 Å². The smallest absolute Gasteiger partial charge is 0.254 e. The molecule has 122 valence electrons. The fourth-order valence-electron chi connectivity index (χ4n) is 2.16. The number of amides is 1. The van der Waals surface area contributed by atoms with E-state index in [2.05, 4.69) is 10.1 Å². The molecule has 7 heteroatoms. The van der Waals surface area contributed by atoms with E-state index < -0.39 is 5.82 Å². The number of benzene rings is 2. The van der Waals surface area contributed by atoms with Crippen LogP contribution < -0.4 is 0 Å². The topological polar surface area (TPSA) is 59.2 Å². The van der Waals surface area contributed by atoms with Gasteiger partial charge in [0.05, 0.1) is 11.6 Å². The first-order chi connectivity index (χ1) is 11.5. The first-order valence-corrected chi connectivity index (χ1v) is 7.51. The lowest BCUT2D eigenvalue weighted by atomic mass is 10.2. The number of aromatic nitrogens is 2. The van der Waals surface area contributed by atoms with Crippen LogP contribution >= 0.6 is 11.6 Å². The number of halogens is 2. The Morgan fingerprint density at radius 2 is 1.92 bits per heavy atom. The minimum absolute atomic E-state index is 0.133. The quantitative estimate of drug-likeness (QED) is 0.721. The highest BCUT2D eigenvalue weighted by molar-refractivity contribution is 6.33. The molecule has 0 saturated carbocycles. The molecule has 1 aromatic heterocycles. The monoisotopic (exact) mass is 345 g/mol. The van der Waals surface area contributed by atoms with Crippen LogP contribution in [0.15, 0.2) is 53.1 Å². The van der Waals surface area contributed by atoms with Gasteiger partial charge in [0.1, 0.15) is 5.82 Å². The van der Waals surface area contributed by atoms with Gasteiger partial charge in [0.25, 0.3) is 5.91 Å². The molecule has 1 amide bonds. The molecule has 0 aliphatic carbocycles. The van der Waals surface area contributed by atoms with Crippen LogP contribution in [0.5, 0.6) is 0 Å². The van der Waals surface area contributed by atoms with E-state index in [0.717, 1.165) is 0 Å². The minimum Gasteiger partial charge on any atom is -0.337 e. The Hall–Kier alpha value is -2.73. The van der Waals surface area contributed by atoms with Crippen LogP contribution in [0, 0.1) is 5.82 Å². The van der Waals surface area contributed by atoms with Gasteiger partial charge in [-0.2, -0.15) is 4.98 Å². The number of carbonyl (C=O) groups excluding carboxylic acids is 1. The number of hydrogen-bond acceptors (Lipinski definition) is 4. The lowest BCUT2D eigenvalue weighted by Crippen LogP contribution is -2.26. The maximum Gasteiger partial charge on any atom is 0.254 e. The second-order valence-corrected chi connectivity index (χ2v) is 5.57. The van der Waals surface area contributed by atoms with Crippen LogP contribution in [0.3, 0.4) is 0 Å². The summed E-state index contributed by atoms with van der Waals surface area (Å²) in [5.74, 6) is -0.0240. The largest absolute Gasteiger partial charge is 0.337 e. The number of hydrogen-bond donors (Lipinski definition) is 0. The van der Waals surface area contributed by atoms with E-state index >= 15 is 0 Å². The van der Waals surface area contributed by atoms with Gasteiger partial charge in [-0.3, -0.25) is 4.79 Å². The first kappa shape index (κ1) is 16.1. The zero-order valence-electron chi connectivity index (χ0n) is 12.7. The van der Waals surface area contributed by atoms with Crippen molar-refractivity contribution in [1.82, 2.24) is 15.0 Å². The molecule has 0 saturated heterocycles. The molecule has 0 unspecified atom stereocenters. The summed E-state index contributed by atoms with van der Waals surface area (Å²) in [6.07, 6.45) is 0. The SMILES string of the molecule is CN(Cc1nc(-c2ccccc2Cl)no1)C(=O)c1ccc(F)cc1. The number of rotatable bonds is 4. The third-order valence-corrected chi connectivity index (χ3v) is 3.72. The van der Waals surface area contributed by atoms with Gasteiger partial charge in [-0.25, -0.2) is 4.39 Å². The summed E-state index contributed by atoms with van der Waals surface area (Å²) >= 11 is 6.10. The van der Waals surface area contributed by atoms with Crippen molar-refractivity contribution in [3.8, 4) is 11.4 Å². The summed E-state index contributed by atoms with van der Waals surface area (Å²) in [5.41, 5.74) is 1.03. The highest BCUT2D eigenvalue weighted by Gasteiger charge is 2.17. The molecule has 2 aromatic carbocycles. The predicted octanol–water partition coefficient (Wildman–Crippen LogP) is 3.80. The van der Waals surface area contributed by atoms with Crippen molar-refractivity contribution in [3.63, 3.8) is 0 Å². The normalized spacial score (nSPS) is 10.6. The maximum absolute atomic E-state index is 12.9. The molecule has 5 nitrogen and oxygen atoms in total. The van der Waals surface area contributed by atoms with E-state index in [-0.39, 0.29) is 18.3 Å². The Bertz CT molecular complexity index is 864. The molecular formula is C17H13ClFN3O2. The summed E-state index contributed by atoms with van der Waals surface area (Å²) in [4.78, 5) is 18.0. The van der Waals surface area contributed by atoms with E-state index in [9.17, 15) is 9.18 Å². The van der Waals surface area contributed by atoms with Gasteiger partial charge in [0.15, 0.2) is 0 Å². The van der Waals surface area contributed by atoms with Crippen molar-refractivity contribution in [2.45, 2.75) is 6.54 Å². The summed E-state index contributed by atoms with van der Waals surface area (Å²) < 4.78 is 18.1. The molecule has 3 aromatic rings. The van der Waals surface area contributed by atoms with Crippen molar-refractivity contribution in [3.05, 3.63) is 70.8 Å². The molecule has 0 radical (unpaired) electrons. The van der Waals surface area contributed by atoms with E-state index in [1.165, 1.54) is 29.2 Å². The van der Waals surface area contributed by atoms with Crippen LogP contribution in [0.4, 0.5) is 4.39 Å². The Morgan fingerprint density at radius 1 is 1.21 bits per heavy atom. The first-order valence-electron chi connectivity index (χ1n) is 7.13. The Balaban J connectivity index is 1.73. The minimum atomic E-state index is -0.393. The average molecular weight is 346 g/mol. The molecular weight excluding hydrogens is 333 g/mol. The van der Waals surface area contributed by atoms with Crippen LogP contribution in [0.25, 0.3) is 11.4 Å². The molecule has 0 spiro atoms. The molecule has 0 N–H and O–H groups in total. The van der Waals surface area contributed by atoms with Gasteiger partial charge in [-0.15, -0.1) is 0 Å². The summed E-state index contributed by atoms with van der Waals surface area (Å²) in [7, 11) is 1.60. The van der Waals surface area contributed by atoms with Crippen LogP contribution in [0.1, 0.15) is 16.2 Å². The highest BCUT2D eigenvalue weighted by atomic mass is 35.5. The molecule has 0 aliphatic rings. The van der Waals surface area contributed by atoms with Crippen molar-refractivity contribution in [1.29, 1.82) is 0 Å². The van der Waals surface area contributed by atoms with E-state index in [1.807, 2.05) is 12.1 Å². The van der Waals surface area contributed by atoms with Crippen LogP contribution in [-0.2, 0) is 6.54 Å². The van der Waals surface area contributed by atoms with Gasteiger partial charge in [-0.1, -0.05) is 28.9 Å². The third kappa shape index (κ3) is 3.44. The van der Waals surface area contributed by atoms with Crippen LogP contribution in [-0.4, -0.2) is 28.0 Å². The third-order valence-electron chi connectivity index (χ3n) is 3.39. The second kappa shape index (κ2) is 6.80. The summed E-state index contributed by atoms with van der Waals surface area (Å²) in [6.45, 7) is 0.133. The van der Waals surface area contributed by atoms with Crippen LogP contribution in [0.2, 0.25) is 5.02 Å². The lowest BCUT2D eigenvalue weighted by Gasteiger charge is -2.14. The van der Waals surface area contributed by atoms with Gasteiger partial charge in [-0.05, 0) is 36.4 Å². The van der Waals surface area contributed by atoms with Crippen molar-refractivity contribution < 1.29 is 13.7 Å². The van der Waals surface area contributed by atoms with Gasteiger partial charge in [0, 0.05) is 18.2 Å².